The fourth-order valence-corrected chi connectivity index (χ4v) is 5.77. The summed E-state index contributed by atoms with van der Waals surface area (Å²) in [6, 6.07) is 17.2. The van der Waals surface area contributed by atoms with Gasteiger partial charge in [0, 0.05) is 5.56 Å². The first-order valence-corrected chi connectivity index (χ1v) is 13.0. The van der Waals surface area contributed by atoms with Crippen LogP contribution in [0.2, 0.25) is 0 Å². The number of aromatic nitrogens is 1. The molecular formula is C29H24N2O6S. The van der Waals surface area contributed by atoms with Crippen molar-refractivity contribution in [1.29, 1.82) is 0 Å². The quantitative estimate of drug-likeness (QED) is 0.214. The number of rotatable bonds is 5. The van der Waals surface area contributed by atoms with Crippen molar-refractivity contribution in [2.75, 3.05) is 25.2 Å². The number of nitrogens with zero attached hydrogens (tertiary/aromatic N) is 2. The van der Waals surface area contributed by atoms with Crippen LogP contribution in [0.15, 0.2) is 66.2 Å². The van der Waals surface area contributed by atoms with Crippen LogP contribution in [0.25, 0.3) is 16.0 Å². The van der Waals surface area contributed by atoms with Gasteiger partial charge in [0.2, 0.25) is 0 Å². The van der Waals surface area contributed by atoms with Crippen molar-refractivity contribution in [3.05, 3.63) is 82.9 Å². The molecular weight excluding hydrogens is 504 g/mol. The Bertz CT molecular complexity index is 1610. The Kier molecular flexibility index (Phi) is 6.00. The van der Waals surface area contributed by atoms with E-state index in [0.717, 1.165) is 16.7 Å². The highest BCUT2D eigenvalue weighted by Gasteiger charge is 2.48. The lowest BCUT2D eigenvalue weighted by atomic mass is 9.94. The molecule has 9 heteroatoms. The van der Waals surface area contributed by atoms with Gasteiger partial charge in [-0.25, -0.2) is 4.98 Å². The number of thiazole rings is 1. The second-order valence-electron chi connectivity index (χ2n) is 8.95. The van der Waals surface area contributed by atoms with E-state index in [1.165, 1.54) is 16.2 Å². The number of carbonyl (C=O) groups is 2. The number of carbonyl (C=O) groups excluding carboxylic acids is 2. The summed E-state index contributed by atoms with van der Waals surface area (Å²) < 4.78 is 17.4. The molecule has 1 saturated heterocycles. The minimum atomic E-state index is -0.864. The highest BCUT2D eigenvalue weighted by Crippen LogP contribution is 2.45. The van der Waals surface area contributed by atoms with Crippen LogP contribution in [0, 0.1) is 0 Å². The van der Waals surface area contributed by atoms with E-state index in [-0.39, 0.29) is 11.3 Å². The number of amides is 1. The van der Waals surface area contributed by atoms with Gasteiger partial charge in [-0.15, -0.1) is 0 Å². The molecule has 1 fully saturated rings. The van der Waals surface area contributed by atoms with Gasteiger partial charge in [0.15, 0.2) is 16.6 Å². The molecule has 8 nitrogen and oxygen atoms in total. The summed E-state index contributed by atoms with van der Waals surface area (Å²) in [4.78, 5) is 33.1. The standard InChI is InChI=1S/C29H24N2O6S/c1-3-16-4-6-17(7-5-16)25-24(26(32)18-8-11-21-22(14-18)37-13-12-36-21)27(33)28(34)31(25)29-30-20-10-9-19(35-2)15-23(20)38-29/h4-11,14-15,25,32H,3,12-13H2,1-2H3/b26-24+. The zero-order chi connectivity index (χ0) is 26.4. The molecule has 0 saturated carbocycles. The molecule has 1 N–H and O–H groups in total. The van der Waals surface area contributed by atoms with Crippen molar-refractivity contribution >= 4 is 44.1 Å². The van der Waals surface area contributed by atoms with Crippen LogP contribution in [0.1, 0.15) is 29.7 Å². The molecule has 0 bridgehead atoms. The van der Waals surface area contributed by atoms with Crippen molar-refractivity contribution in [3.63, 3.8) is 0 Å². The molecule has 1 unspecified atom stereocenters. The summed E-state index contributed by atoms with van der Waals surface area (Å²) >= 11 is 1.29. The minimum Gasteiger partial charge on any atom is -0.507 e. The van der Waals surface area contributed by atoms with Crippen molar-refractivity contribution in [1.82, 2.24) is 4.98 Å². The van der Waals surface area contributed by atoms with Crippen molar-refractivity contribution < 1.29 is 28.9 Å². The summed E-state index contributed by atoms with van der Waals surface area (Å²) in [7, 11) is 1.58. The normalized spacial score (nSPS) is 18.3. The Morgan fingerprint density at radius 2 is 1.82 bits per heavy atom. The number of aliphatic hydroxyl groups is 1. The molecule has 0 radical (unpaired) electrons. The number of aryl methyl sites for hydroxylation is 1. The molecule has 6 rings (SSSR count). The summed E-state index contributed by atoms with van der Waals surface area (Å²) in [6.07, 6.45) is 0.845. The Morgan fingerprint density at radius 1 is 1.05 bits per heavy atom. The molecule has 0 spiro atoms. The number of Topliss-reactive ketones (excluding diaryl/α,β-unsaturated/α-hetero) is 1. The maximum Gasteiger partial charge on any atom is 0.301 e. The SMILES string of the molecule is CCc1ccc(C2/C(=C(\O)c3ccc4c(c3)OCCO4)C(=O)C(=O)N2c2nc3ccc(OC)cc3s2)cc1. The summed E-state index contributed by atoms with van der Waals surface area (Å²) in [5.41, 5.74) is 2.84. The van der Waals surface area contributed by atoms with E-state index in [2.05, 4.69) is 11.9 Å². The zero-order valence-electron chi connectivity index (χ0n) is 20.8. The third kappa shape index (κ3) is 3.95. The molecule has 38 heavy (non-hydrogen) atoms. The van der Waals surface area contributed by atoms with Gasteiger partial charge in [-0.2, -0.15) is 0 Å². The molecule has 1 aromatic heterocycles. The third-order valence-electron chi connectivity index (χ3n) is 6.75. The number of anilines is 1. The molecule has 4 aromatic rings. The molecule has 1 atom stereocenters. The third-order valence-corrected chi connectivity index (χ3v) is 7.77. The number of ketones is 1. The average molecular weight is 529 g/mol. The summed E-state index contributed by atoms with van der Waals surface area (Å²) in [5.74, 6) is -0.114. The lowest BCUT2D eigenvalue weighted by molar-refractivity contribution is -0.132. The van der Waals surface area contributed by atoms with E-state index in [0.29, 0.717) is 52.2 Å². The van der Waals surface area contributed by atoms with E-state index in [4.69, 9.17) is 14.2 Å². The highest BCUT2D eigenvalue weighted by molar-refractivity contribution is 7.22. The highest BCUT2D eigenvalue weighted by atomic mass is 32.1. The van der Waals surface area contributed by atoms with Crippen LogP contribution < -0.4 is 19.1 Å². The first-order valence-electron chi connectivity index (χ1n) is 12.2. The predicted octanol–water partition coefficient (Wildman–Crippen LogP) is 5.26. The molecule has 3 heterocycles. The zero-order valence-corrected chi connectivity index (χ0v) is 21.6. The van der Waals surface area contributed by atoms with Gasteiger partial charge in [0.1, 0.15) is 24.7 Å². The van der Waals surface area contributed by atoms with Gasteiger partial charge < -0.3 is 19.3 Å². The Balaban J connectivity index is 1.52. The topological polar surface area (TPSA) is 98.2 Å². The lowest BCUT2D eigenvalue weighted by Crippen LogP contribution is -2.29. The molecule has 3 aromatic carbocycles. The molecule has 2 aliphatic heterocycles. The number of benzene rings is 3. The van der Waals surface area contributed by atoms with E-state index in [1.54, 1.807) is 31.4 Å². The van der Waals surface area contributed by atoms with Gasteiger partial charge in [-0.1, -0.05) is 42.5 Å². The van der Waals surface area contributed by atoms with Crippen LogP contribution in [0.3, 0.4) is 0 Å². The van der Waals surface area contributed by atoms with E-state index in [1.807, 2.05) is 36.4 Å². The van der Waals surface area contributed by atoms with Gasteiger partial charge >= 0.3 is 5.91 Å². The number of aliphatic hydroxyl groups excluding tert-OH is 1. The van der Waals surface area contributed by atoms with E-state index < -0.39 is 17.7 Å². The Morgan fingerprint density at radius 3 is 2.55 bits per heavy atom. The van der Waals surface area contributed by atoms with Gasteiger partial charge in [-0.05, 0) is 53.9 Å². The van der Waals surface area contributed by atoms with E-state index in [9.17, 15) is 14.7 Å². The number of hydrogen-bond donors (Lipinski definition) is 1. The average Bonchev–Trinajstić information content (AvgIpc) is 3.49. The predicted molar refractivity (Wildman–Crippen MR) is 144 cm³/mol. The fourth-order valence-electron chi connectivity index (χ4n) is 4.75. The number of fused-ring (bicyclic) bond motifs is 2. The largest absolute Gasteiger partial charge is 0.507 e. The van der Waals surface area contributed by atoms with Crippen LogP contribution in [-0.4, -0.2) is 42.1 Å². The van der Waals surface area contributed by atoms with Crippen LogP contribution in [-0.2, 0) is 16.0 Å². The van der Waals surface area contributed by atoms with Crippen molar-refractivity contribution in [2.24, 2.45) is 0 Å². The lowest BCUT2D eigenvalue weighted by Gasteiger charge is -2.23. The van der Waals surface area contributed by atoms with Crippen LogP contribution in [0.4, 0.5) is 5.13 Å². The van der Waals surface area contributed by atoms with Gasteiger partial charge in [0.05, 0.1) is 28.9 Å². The van der Waals surface area contributed by atoms with Crippen LogP contribution >= 0.6 is 11.3 Å². The minimum absolute atomic E-state index is 0.00670. The monoisotopic (exact) mass is 528 g/mol. The van der Waals surface area contributed by atoms with Gasteiger partial charge in [-0.3, -0.25) is 14.5 Å². The second-order valence-corrected chi connectivity index (χ2v) is 9.96. The summed E-state index contributed by atoms with van der Waals surface area (Å²) in [6.45, 7) is 2.87. The fraction of sp³-hybridized carbons (Fsp3) is 0.207. The number of methoxy groups -OCH3 is 1. The van der Waals surface area contributed by atoms with E-state index >= 15 is 0 Å². The summed E-state index contributed by atoms with van der Waals surface area (Å²) in [5, 5.41) is 11.8. The Hall–Kier alpha value is -4.37. The molecule has 192 valence electrons. The van der Waals surface area contributed by atoms with Crippen LogP contribution in [0.5, 0.6) is 17.2 Å². The number of hydrogen-bond acceptors (Lipinski definition) is 8. The smallest absolute Gasteiger partial charge is 0.301 e. The first-order chi connectivity index (χ1) is 18.5. The molecule has 2 aliphatic rings. The molecule has 0 aliphatic carbocycles. The maximum absolute atomic E-state index is 13.5. The van der Waals surface area contributed by atoms with Gasteiger partial charge in [0.25, 0.3) is 5.78 Å². The second kappa shape index (κ2) is 9.50. The first kappa shape index (κ1) is 24.0. The van der Waals surface area contributed by atoms with Crippen molar-refractivity contribution in [2.45, 2.75) is 19.4 Å². The number of ether oxygens (including phenoxy) is 3. The molecule has 1 amide bonds. The van der Waals surface area contributed by atoms with Crippen molar-refractivity contribution in [3.8, 4) is 17.2 Å². The Labute approximate surface area is 222 Å². The maximum atomic E-state index is 13.5.